The van der Waals surface area contributed by atoms with E-state index in [1.807, 2.05) is 0 Å². The molecule has 0 spiro atoms. The van der Waals surface area contributed by atoms with E-state index in [4.69, 9.17) is 5.11 Å². The zero-order chi connectivity index (χ0) is 9.30. The predicted octanol–water partition coefficient (Wildman–Crippen LogP) is 1.21. The van der Waals surface area contributed by atoms with Crippen LogP contribution in [0.3, 0.4) is 0 Å². The predicted molar refractivity (Wildman–Crippen MR) is 45.2 cm³/mol. The van der Waals surface area contributed by atoms with Crippen molar-refractivity contribution in [3.8, 4) is 11.5 Å². The van der Waals surface area contributed by atoms with Gasteiger partial charge in [-0.3, -0.25) is 0 Å². The molecule has 0 saturated heterocycles. The molecule has 0 atom stereocenters. The van der Waals surface area contributed by atoms with Gasteiger partial charge in [-0.1, -0.05) is 0 Å². The van der Waals surface area contributed by atoms with E-state index in [1.165, 1.54) is 6.07 Å². The lowest BCUT2D eigenvalue weighted by molar-refractivity contribution is 0.279. The second-order valence-corrected chi connectivity index (χ2v) is 2.81. The van der Waals surface area contributed by atoms with Crippen molar-refractivity contribution in [1.29, 1.82) is 0 Å². The molecule has 66 valence electrons. The summed E-state index contributed by atoms with van der Waals surface area (Å²) in [6, 6.07) is 1.37. The number of hydrogen-bond donors (Lipinski definition) is 3. The molecule has 0 aromatic heterocycles. The van der Waals surface area contributed by atoms with Gasteiger partial charge in [-0.05, 0) is 36.6 Å². The van der Waals surface area contributed by atoms with E-state index in [0.717, 1.165) is 5.56 Å². The minimum atomic E-state index is -0.179. The zero-order valence-corrected chi connectivity index (χ0v) is 7.13. The molecular weight excluding hydrogens is 156 g/mol. The maximum Gasteiger partial charge on any atom is 0.160 e. The lowest BCUT2D eigenvalue weighted by Gasteiger charge is -2.09. The highest BCUT2D eigenvalue weighted by atomic mass is 16.3. The van der Waals surface area contributed by atoms with Gasteiger partial charge in [0.25, 0.3) is 0 Å². The molecule has 0 saturated carbocycles. The summed E-state index contributed by atoms with van der Waals surface area (Å²) in [5.41, 5.74) is 2.06. The molecule has 1 aromatic rings. The third kappa shape index (κ3) is 1.23. The summed E-state index contributed by atoms with van der Waals surface area (Å²) in [5.74, 6) is -0.285. The van der Waals surface area contributed by atoms with Crippen molar-refractivity contribution < 1.29 is 15.3 Å². The van der Waals surface area contributed by atoms with Crippen LogP contribution >= 0.6 is 0 Å². The molecule has 0 fully saturated rings. The van der Waals surface area contributed by atoms with Crippen molar-refractivity contribution in [3.05, 3.63) is 22.8 Å². The summed E-state index contributed by atoms with van der Waals surface area (Å²) in [6.45, 7) is 3.37. The monoisotopic (exact) mass is 168 g/mol. The highest BCUT2D eigenvalue weighted by Crippen LogP contribution is 2.32. The molecule has 3 heteroatoms. The quantitative estimate of drug-likeness (QED) is 0.552. The van der Waals surface area contributed by atoms with E-state index < -0.39 is 0 Å². The number of hydrogen-bond acceptors (Lipinski definition) is 3. The maximum absolute atomic E-state index is 9.28. The molecule has 0 aliphatic rings. The Bertz CT molecular complexity index is 305. The minimum Gasteiger partial charge on any atom is -0.504 e. The molecule has 0 radical (unpaired) electrons. The first-order valence-corrected chi connectivity index (χ1v) is 3.69. The van der Waals surface area contributed by atoms with Gasteiger partial charge in [0.1, 0.15) is 0 Å². The van der Waals surface area contributed by atoms with Crippen LogP contribution in [0.15, 0.2) is 6.07 Å². The average molecular weight is 168 g/mol. The number of phenolic OH excluding ortho intramolecular Hbond substituents is 2. The maximum atomic E-state index is 9.28. The summed E-state index contributed by atoms with van der Waals surface area (Å²) in [5, 5.41) is 27.3. The molecule has 0 heterocycles. The Morgan fingerprint density at radius 2 is 1.75 bits per heavy atom. The largest absolute Gasteiger partial charge is 0.504 e. The van der Waals surface area contributed by atoms with Crippen molar-refractivity contribution in [2.24, 2.45) is 0 Å². The third-order valence-corrected chi connectivity index (χ3v) is 2.12. The van der Waals surface area contributed by atoms with Gasteiger partial charge in [0, 0.05) is 0 Å². The van der Waals surface area contributed by atoms with Crippen molar-refractivity contribution in [3.63, 3.8) is 0 Å². The van der Waals surface area contributed by atoms with Crippen LogP contribution in [0, 0.1) is 13.8 Å². The van der Waals surface area contributed by atoms with Crippen molar-refractivity contribution >= 4 is 0 Å². The highest BCUT2D eigenvalue weighted by molar-refractivity contribution is 5.51. The number of aliphatic hydroxyl groups excluding tert-OH is 1. The molecule has 0 aliphatic carbocycles. The Labute approximate surface area is 70.9 Å². The summed E-state index contributed by atoms with van der Waals surface area (Å²) in [4.78, 5) is 0. The Morgan fingerprint density at radius 1 is 1.17 bits per heavy atom. The number of rotatable bonds is 1. The number of benzene rings is 1. The average Bonchev–Trinajstić information content (AvgIpc) is 2.08. The lowest BCUT2D eigenvalue weighted by atomic mass is 10.0. The number of aromatic hydroxyl groups is 2. The van der Waals surface area contributed by atoms with E-state index in [-0.39, 0.29) is 18.1 Å². The van der Waals surface area contributed by atoms with Crippen LogP contribution in [0.2, 0.25) is 0 Å². The zero-order valence-electron chi connectivity index (χ0n) is 7.13. The standard InChI is InChI=1S/C9H12O3/c1-5-6(2)9(12)8(11)3-7(5)4-10/h3,10-12H,4H2,1-2H3. The first-order chi connectivity index (χ1) is 5.57. The fourth-order valence-corrected chi connectivity index (χ4v) is 1.12. The van der Waals surface area contributed by atoms with E-state index in [9.17, 15) is 10.2 Å². The molecule has 12 heavy (non-hydrogen) atoms. The topological polar surface area (TPSA) is 60.7 Å². The summed E-state index contributed by atoms with van der Waals surface area (Å²) in [7, 11) is 0. The molecule has 0 amide bonds. The van der Waals surface area contributed by atoms with Crippen LogP contribution in [0.1, 0.15) is 16.7 Å². The van der Waals surface area contributed by atoms with Crippen LogP contribution in [0.4, 0.5) is 0 Å². The van der Waals surface area contributed by atoms with E-state index in [2.05, 4.69) is 0 Å². The van der Waals surface area contributed by atoms with Gasteiger partial charge >= 0.3 is 0 Å². The van der Waals surface area contributed by atoms with Gasteiger partial charge in [0.2, 0.25) is 0 Å². The number of phenols is 2. The Hall–Kier alpha value is -1.22. The highest BCUT2D eigenvalue weighted by Gasteiger charge is 2.09. The van der Waals surface area contributed by atoms with Gasteiger partial charge in [0.15, 0.2) is 11.5 Å². The van der Waals surface area contributed by atoms with Crippen LogP contribution in [0.25, 0.3) is 0 Å². The SMILES string of the molecule is Cc1c(CO)cc(O)c(O)c1C. The van der Waals surface area contributed by atoms with Gasteiger partial charge in [-0.2, -0.15) is 0 Å². The smallest absolute Gasteiger partial charge is 0.160 e. The molecule has 0 bridgehead atoms. The fourth-order valence-electron chi connectivity index (χ4n) is 1.12. The van der Waals surface area contributed by atoms with E-state index in [0.29, 0.717) is 11.1 Å². The molecule has 3 nitrogen and oxygen atoms in total. The molecule has 1 rings (SSSR count). The fraction of sp³-hybridized carbons (Fsp3) is 0.333. The first-order valence-electron chi connectivity index (χ1n) is 3.69. The molecule has 1 aromatic carbocycles. The normalized spacial score (nSPS) is 10.2. The van der Waals surface area contributed by atoms with Crippen LogP contribution in [-0.2, 0) is 6.61 Å². The second-order valence-electron chi connectivity index (χ2n) is 2.81. The summed E-state index contributed by atoms with van der Waals surface area (Å²) < 4.78 is 0. The van der Waals surface area contributed by atoms with Crippen LogP contribution < -0.4 is 0 Å². The van der Waals surface area contributed by atoms with E-state index in [1.54, 1.807) is 13.8 Å². The minimum absolute atomic E-state index is 0.107. The summed E-state index contributed by atoms with van der Waals surface area (Å²) >= 11 is 0. The van der Waals surface area contributed by atoms with Crippen LogP contribution in [-0.4, -0.2) is 15.3 Å². The molecule has 0 aliphatic heterocycles. The second kappa shape index (κ2) is 3.03. The molecular formula is C9H12O3. The molecule has 3 N–H and O–H groups in total. The van der Waals surface area contributed by atoms with Crippen molar-refractivity contribution in [2.45, 2.75) is 20.5 Å². The van der Waals surface area contributed by atoms with Gasteiger partial charge in [-0.15, -0.1) is 0 Å². The first kappa shape index (κ1) is 8.87. The van der Waals surface area contributed by atoms with Gasteiger partial charge in [0.05, 0.1) is 6.61 Å². The number of aliphatic hydroxyl groups is 1. The summed E-state index contributed by atoms with van der Waals surface area (Å²) in [6.07, 6.45) is 0. The Morgan fingerprint density at radius 3 is 2.25 bits per heavy atom. The van der Waals surface area contributed by atoms with Crippen LogP contribution in [0.5, 0.6) is 11.5 Å². The van der Waals surface area contributed by atoms with Gasteiger partial charge < -0.3 is 15.3 Å². The Kier molecular flexibility index (Phi) is 2.24. The third-order valence-electron chi connectivity index (χ3n) is 2.12. The lowest BCUT2D eigenvalue weighted by Crippen LogP contribution is -1.92. The Balaban J connectivity index is 3.39. The van der Waals surface area contributed by atoms with E-state index >= 15 is 0 Å². The molecule has 0 unspecified atom stereocenters. The van der Waals surface area contributed by atoms with Crippen molar-refractivity contribution in [2.75, 3.05) is 0 Å². The van der Waals surface area contributed by atoms with Gasteiger partial charge in [-0.25, -0.2) is 0 Å². The van der Waals surface area contributed by atoms with Crippen molar-refractivity contribution in [1.82, 2.24) is 0 Å².